The maximum atomic E-state index is 9.84. The van der Waals surface area contributed by atoms with E-state index in [2.05, 4.69) is 66.4 Å². The molecule has 0 bridgehead atoms. The molecular weight excluding hydrogens is 332 g/mol. The molecule has 122 valence electrons. The molecule has 24 heavy (non-hydrogen) atoms. The van der Waals surface area contributed by atoms with Crippen molar-refractivity contribution < 1.29 is 0 Å². The van der Waals surface area contributed by atoms with Gasteiger partial charge in [-0.05, 0) is 30.9 Å². The molecule has 2 aromatic carbocycles. The Morgan fingerprint density at radius 1 is 1.21 bits per heavy atom. The first-order valence-corrected chi connectivity index (χ1v) is 10.1. The lowest BCUT2D eigenvalue weighted by atomic mass is 10.1. The normalized spacial score (nSPS) is 23.5. The van der Waals surface area contributed by atoms with Crippen molar-refractivity contribution in [1.82, 2.24) is 0 Å². The van der Waals surface area contributed by atoms with E-state index in [1.54, 1.807) is 23.5 Å². The largest absolute Gasteiger partial charge is 0.352 e. The highest BCUT2D eigenvalue weighted by atomic mass is 32.2. The smallest absolute Gasteiger partial charge is 0.173 e. The molecule has 3 rings (SSSR count). The van der Waals surface area contributed by atoms with E-state index in [9.17, 15) is 5.26 Å². The summed E-state index contributed by atoms with van der Waals surface area (Å²) in [5, 5.41) is 9.84. The van der Waals surface area contributed by atoms with E-state index >= 15 is 0 Å². The average Bonchev–Trinajstić information content (AvgIpc) is 3.00. The number of aryl methyl sites for hydroxylation is 1. The van der Waals surface area contributed by atoms with Crippen LogP contribution in [0.2, 0.25) is 0 Å². The van der Waals surface area contributed by atoms with E-state index < -0.39 is 4.08 Å². The topological polar surface area (TPSA) is 27.0 Å². The zero-order valence-corrected chi connectivity index (χ0v) is 15.5. The summed E-state index contributed by atoms with van der Waals surface area (Å²) in [6, 6.07) is 21.4. The van der Waals surface area contributed by atoms with Crippen LogP contribution in [0.1, 0.15) is 11.1 Å². The molecule has 0 radical (unpaired) electrons. The van der Waals surface area contributed by atoms with Crippen LogP contribution in [0, 0.1) is 18.3 Å². The lowest BCUT2D eigenvalue weighted by molar-refractivity contribution is 0.777. The molecule has 0 spiro atoms. The molecular formula is C20H20N2S2. The molecule has 0 aromatic heterocycles. The molecule has 0 saturated carbocycles. The molecule has 1 heterocycles. The molecule has 1 aliphatic heterocycles. The Bertz CT molecular complexity index is 749. The van der Waals surface area contributed by atoms with E-state index in [0.29, 0.717) is 0 Å². The van der Waals surface area contributed by atoms with Gasteiger partial charge in [-0.2, -0.15) is 5.26 Å². The highest BCUT2D eigenvalue weighted by Crippen LogP contribution is 2.48. The summed E-state index contributed by atoms with van der Waals surface area (Å²) < 4.78 is -0.476. The number of hydrogen-bond acceptors (Lipinski definition) is 4. The van der Waals surface area contributed by atoms with Crippen LogP contribution < -0.4 is 4.90 Å². The van der Waals surface area contributed by atoms with Crippen molar-refractivity contribution in [1.29, 1.82) is 5.26 Å². The van der Waals surface area contributed by atoms with Gasteiger partial charge < -0.3 is 4.90 Å². The van der Waals surface area contributed by atoms with Gasteiger partial charge in [-0.25, -0.2) is 0 Å². The zero-order chi connectivity index (χ0) is 17.0. The van der Waals surface area contributed by atoms with Crippen molar-refractivity contribution in [3.8, 4) is 6.07 Å². The van der Waals surface area contributed by atoms with Gasteiger partial charge in [0, 0.05) is 5.69 Å². The van der Waals surface area contributed by atoms with Crippen molar-refractivity contribution in [2.45, 2.75) is 17.0 Å². The van der Waals surface area contributed by atoms with Crippen LogP contribution in [0.25, 0.3) is 6.08 Å². The number of rotatable bonds is 4. The van der Waals surface area contributed by atoms with Gasteiger partial charge in [0.05, 0.1) is 18.0 Å². The van der Waals surface area contributed by atoms with E-state index in [1.807, 2.05) is 24.5 Å². The van der Waals surface area contributed by atoms with Crippen molar-refractivity contribution in [2.75, 3.05) is 17.0 Å². The lowest BCUT2D eigenvalue weighted by Crippen LogP contribution is -2.39. The highest BCUT2D eigenvalue weighted by molar-refractivity contribution is 8.18. The van der Waals surface area contributed by atoms with Crippen LogP contribution in [0.5, 0.6) is 0 Å². The summed E-state index contributed by atoms with van der Waals surface area (Å²) in [5.74, 6) is 0.821. The average molecular weight is 353 g/mol. The van der Waals surface area contributed by atoms with Gasteiger partial charge >= 0.3 is 0 Å². The second-order valence-electron chi connectivity index (χ2n) is 5.78. The maximum absolute atomic E-state index is 9.84. The number of benzene rings is 2. The van der Waals surface area contributed by atoms with E-state index in [1.165, 1.54) is 11.3 Å². The van der Waals surface area contributed by atoms with Crippen molar-refractivity contribution in [2.24, 2.45) is 0 Å². The molecule has 1 aliphatic rings. The Balaban J connectivity index is 1.95. The second kappa shape index (κ2) is 7.38. The van der Waals surface area contributed by atoms with Crippen LogP contribution in [0.3, 0.4) is 0 Å². The van der Waals surface area contributed by atoms with Crippen molar-refractivity contribution >= 4 is 35.3 Å². The minimum absolute atomic E-state index is 0.0328. The van der Waals surface area contributed by atoms with Gasteiger partial charge in [0.15, 0.2) is 4.08 Å². The number of nitriles is 1. The SMILES string of the molecule is CS[C@@]1(C#N)SCN(c2ccc(C)cc2)[C@H]1/C=C/c1ccccc1. The number of anilines is 1. The van der Waals surface area contributed by atoms with Gasteiger partial charge in [-0.1, -0.05) is 60.2 Å². The fourth-order valence-electron chi connectivity index (χ4n) is 2.83. The monoisotopic (exact) mass is 352 g/mol. The third-order valence-corrected chi connectivity index (χ3v) is 7.20. The fraction of sp³-hybridized carbons (Fsp3) is 0.250. The first-order valence-electron chi connectivity index (χ1n) is 7.85. The number of thioether (sulfide) groups is 2. The Kier molecular flexibility index (Phi) is 5.23. The maximum Gasteiger partial charge on any atom is 0.173 e. The quantitative estimate of drug-likeness (QED) is 0.758. The summed E-state index contributed by atoms with van der Waals surface area (Å²) in [5.41, 5.74) is 3.58. The molecule has 2 nitrogen and oxygen atoms in total. The predicted octanol–water partition coefficient (Wildman–Crippen LogP) is 5.17. The predicted molar refractivity (Wildman–Crippen MR) is 107 cm³/mol. The fourth-order valence-corrected chi connectivity index (χ4v) is 5.08. The summed E-state index contributed by atoms with van der Waals surface area (Å²) in [7, 11) is 0. The van der Waals surface area contributed by atoms with Gasteiger partial charge in [0.25, 0.3) is 0 Å². The van der Waals surface area contributed by atoms with E-state index in [0.717, 1.165) is 11.4 Å². The van der Waals surface area contributed by atoms with Crippen LogP contribution in [0.15, 0.2) is 60.7 Å². The minimum atomic E-state index is -0.476. The molecule has 2 aromatic rings. The molecule has 0 aliphatic carbocycles. The molecule has 0 N–H and O–H groups in total. The number of hydrogen-bond donors (Lipinski definition) is 0. The van der Waals surface area contributed by atoms with Gasteiger partial charge in [-0.15, -0.1) is 23.5 Å². The Morgan fingerprint density at radius 2 is 1.92 bits per heavy atom. The summed E-state index contributed by atoms with van der Waals surface area (Å²) in [6.45, 7) is 2.09. The summed E-state index contributed by atoms with van der Waals surface area (Å²) in [6.07, 6.45) is 6.33. The molecule has 0 amide bonds. The third kappa shape index (κ3) is 3.33. The van der Waals surface area contributed by atoms with Crippen LogP contribution >= 0.6 is 23.5 Å². The van der Waals surface area contributed by atoms with E-state index in [-0.39, 0.29) is 6.04 Å². The standard InChI is InChI=1S/C20H20N2S2/c1-16-8-11-18(12-9-16)22-15-24-20(14-21,23-2)19(22)13-10-17-6-4-3-5-7-17/h3-13,19H,15H2,1-2H3/b13-10+/t19-,20-/m0/s1. The van der Waals surface area contributed by atoms with Crippen molar-refractivity contribution in [3.05, 3.63) is 71.8 Å². The third-order valence-electron chi connectivity index (χ3n) is 4.24. The van der Waals surface area contributed by atoms with Crippen molar-refractivity contribution in [3.63, 3.8) is 0 Å². The number of nitrogens with zero attached hydrogens (tertiary/aromatic N) is 2. The van der Waals surface area contributed by atoms with Crippen LogP contribution in [-0.2, 0) is 0 Å². The van der Waals surface area contributed by atoms with E-state index in [4.69, 9.17) is 0 Å². The van der Waals surface area contributed by atoms with Gasteiger partial charge in [-0.3, -0.25) is 0 Å². The minimum Gasteiger partial charge on any atom is -0.352 e. The first kappa shape index (κ1) is 17.0. The van der Waals surface area contributed by atoms with Crippen LogP contribution in [0.4, 0.5) is 5.69 Å². The lowest BCUT2D eigenvalue weighted by Gasteiger charge is -2.30. The molecule has 1 fully saturated rings. The van der Waals surface area contributed by atoms with Gasteiger partial charge in [0.2, 0.25) is 0 Å². The highest BCUT2D eigenvalue weighted by Gasteiger charge is 2.47. The molecule has 1 saturated heterocycles. The van der Waals surface area contributed by atoms with Crippen LogP contribution in [-0.4, -0.2) is 22.3 Å². The molecule has 0 unspecified atom stereocenters. The zero-order valence-electron chi connectivity index (χ0n) is 13.8. The first-order chi connectivity index (χ1) is 11.7. The second-order valence-corrected chi connectivity index (χ2v) is 8.28. The molecule has 4 heteroatoms. The molecule has 2 atom stereocenters. The van der Waals surface area contributed by atoms with Gasteiger partial charge in [0.1, 0.15) is 0 Å². The Labute approximate surface area is 152 Å². The Hall–Kier alpha value is -1.83. The summed E-state index contributed by atoms with van der Waals surface area (Å²) in [4.78, 5) is 2.32. The summed E-state index contributed by atoms with van der Waals surface area (Å²) >= 11 is 3.35. The Morgan fingerprint density at radius 3 is 2.54 bits per heavy atom.